The molecule has 3 aromatic rings. The number of anilines is 1. The minimum absolute atomic E-state index is 0.0329. The molecule has 2 fully saturated rings. The first-order valence-corrected chi connectivity index (χ1v) is 15.3. The third-order valence-corrected chi connectivity index (χ3v) is 9.49. The second-order valence-electron chi connectivity index (χ2n) is 10.8. The number of hydrogen-bond acceptors (Lipinski definition) is 6. The number of benzene rings is 3. The van der Waals surface area contributed by atoms with Crippen LogP contribution < -0.4 is 15.4 Å². The highest BCUT2D eigenvalue weighted by atomic mass is 32.2. The van der Waals surface area contributed by atoms with E-state index < -0.39 is 10.0 Å². The summed E-state index contributed by atoms with van der Waals surface area (Å²) in [5.74, 6) is -0.178. The van der Waals surface area contributed by atoms with Gasteiger partial charge in [0.05, 0.1) is 11.4 Å². The van der Waals surface area contributed by atoms with Crippen LogP contribution in [0, 0.1) is 12.8 Å². The van der Waals surface area contributed by atoms with Gasteiger partial charge in [0, 0.05) is 67.3 Å². The van der Waals surface area contributed by atoms with Gasteiger partial charge in [-0.1, -0.05) is 49.4 Å². The van der Waals surface area contributed by atoms with Crippen molar-refractivity contribution in [3.05, 3.63) is 71.8 Å². The number of nitrogens with one attached hydrogen (secondary N) is 3. The molecule has 1 unspecified atom stereocenters. The van der Waals surface area contributed by atoms with Gasteiger partial charge in [-0.25, -0.2) is 13.1 Å². The zero-order valence-corrected chi connectivity index (χ0v) is 23.8. The molecule has 2 aliphatic rings. The number of sulfonamides is 1. The van der Waals surface area contributed by atoms with Crippen LogP contribution >= 0.6 is 0 Å². The third-order valence-electron chi connectivity index (χ3n) is 7.94. The molecule has 9 nitrogen and oxygen atoms in total. The number of aryl methyl sites for hydroxylation is 1. The maximum absolute atomic E-state index is 13.6. The van der Waals surface area contributed by atoms with Crippen molar-refractivity contribution in [3.8, 4) is 0 Å². The van der Waals surface area contributed by atoms with E-state index in [1.54, 1.807) is 30.3 Å². The van der Waals surface area contributed by atoms with Crippen LogP contribution in [-0.4, -0.2) is 81.9 Å². The van der Waals surface area contributed by atoms with E-state index in [-0.39, 0.29) is 28.7 Å². The Morgan fingerprint density at radius 1 is 0.950 bits per heavy atom. The molecule has 2 amide bonds. The van der Waals surface area contributed by atoms with Crippen molar-refractivity contribution in [1.29, 1.82) is 0 Å². The van der Waals surface area contributed by atoms with Gasteiger partial charge >= 0.3 is 0 Å². The molecule has 10 heteroatoms. The number of fused-ring (bicyclic) bond motifs is 1. The zero-order chi connectivity index (χ0) is 28.3. The predicted octanol–water partition coefficient (Wildman–Crippen LogP) is 2.82. The number of carbonyl (C=O) groups excluding carboxylic acids is 2. The lowest BCUT2D eigenvalue weighted by atomic mass is 9.95. The highest BCUT2D eigenvalue weighted by Gasteiger charge is 2.33. The summed E-state index contributed by atoms with van der Waals surface area (Å²) >= 11 is 0. The van der Waals surface area contributed by atoms with E-state index >= 15 is 0 Å². The number of likely N-dealkylation sites (tertiary alicyclic amines) is 1. The number of nitrogens with zero attached hydrogens (tertiary/aromatic N) is 2. The fourth-order valence-electron chi connectivity index (χ4n) is 5.60. The Kier molecular flexibility index (Phi) is 8.51. The van der Waals surface area contributed by atoms with Gasteiger partial charge in [-0.15, -0.1) is 0 Å². The second kappa shape index (κ2) is 12.1. The van der Waals surface area contributed by atoms with Crippen LogP contribution in [0.5, 0.6) is 0 Å². The highest BCUT2D eigenvalue weighted by molar-refractivity contribution is 7.89. The fourth-order valence-corrected chi connectivity index (χ4v) is 7.19. The summed E-state index contributed by atoms with van der Waals surface area (Å²) in [5.41, 5.74) is 1.97. The molecule has 2 saturated heterocycles. The van der Waals surface area contributed by atoms with E-state index in [2.05, 4.69) is 20.3 Å². The normalized spacial score (nSPS) is 20.4. The van der Waals surface area contributed by atoms with Crippen LogP contribution in [0.3, 0.4) is 0 Å². The first-order valence-electron chi connectivity index (χ1n) is 13.8. The SMILES string of the molecule is Cc1ccccc1C(=O)Nc1ccc(S(=O)(=O)N[C@H]2CCN(C(=O)CN3CCNCC3)CC2C)c2ccccc12. The number of piperidine rings is 1. The molecule has 2 atom stereocenters. The Morgan fingerprint density at radius 3 is 2.38 bits per heavy atom. The van der Waals surface area contributed by atoms with Crippen molar-refractivity contribution in [2.75, 3.05) is 51.1 Å². The quantitative estimate of drug-likeness (QED) is 0.408. The van der Waals surface area contributed by atoms with Crippen molar-refractivity contribution in [2.24, 2.45) is 5.92 Å². The summed E-state index contributed by atoms with van der Waals surface area (Å²) in [6.07, 6.45) is 0.552. The van der Waals surface area contributed by atoms with E-state index in [0.29, 0.717) is 48.1 Å². The van der Waals surface area contributed by atoms with Crippen molar-refractivity contribution in [3.63, 3.8) is 0 Å². The monoisotopic (exact) mass is 563 g/mol. The maximum atomic E-state index is 13.6. The van der Waals surface area contributed by atoms with E-state index in [0.717, 1.165) is 31.7 Å². The Labute approximate surface area is 236 Å². The van der Waals surface area contributed by atoms with E-state index in [9.17, 15) is 18.0 Å². The van der Waals surface area contributed by atoms with Gasteiger partial charge < -0.3 is 15.5 Å². The molecule has 2 aliphatic heterocycles. The third kappa shape index (κ3) is 6.20. The highest BCUT2D eigenvalue weighted by Crippen LogP contribution is 2.31. The average molecular weight is 564 g/mol. The molecule has 3 N–H and O–H groups in total. The molecule has 0 aromatic heterocycles. The van der Waals surface area contributed by atoms with Crippen molar-refractivity contribution in [1.82, 2.24) is 19.8 Å². The molecule has 0 saturated carbocycles. The minimum atomic E-state index is -3.87. The molecular formula is C30H37N5O4S. The molecule has 0 aliphatic carbocycles. The summed E-state index contributed by atoms with van der Waals surface area (Å²) in [7, 11) is -3.87. The van der Waals surface area contributed by atoms with Gasteiger partial charge in [0.25, 0.3) is 5.91 Å². The summed E-state index contributed by atoms with van der Waals surface area (Å²) in [6.45, 7) is 8.81. The molecule has 0 radical (unpaired) electrons. The smallest absolute Gasteiger partial charge is 0.255 e. The van der Waals surface area contributed by atoms with Crippen LogP contribution in [0.2, 0.25) is 0 Å². The number of rotatable bonds is 7. The summed E-state index contributed by atoms with van der Waals surface area (Å²) in [4.78, 5) is 30.0. The zero-order valence-electron chi connectivity index (χ0n) is 23.0. The van der Waals surface area contributed by atoms with Crippen molar-refractivity contribution < 1.29 is 18.0 Å². The second-order valence-corrected chi connectivity index (χ2v) is 12.5. The van der Waals surface area contributed by atoms with Gasteiger partial charge in [0.1, 0.15) is 0 Å². The summed E-state index contributed by atoms with van der Waals surface area (Å²) < 4.78 is 30.2. The number of amides is 2. The lowest BCUT2D eigenvalue weighted by molar-refractivity contribution is -0.134. The Morgan fingerprint density at radius 2 is 1.65 bits per heavy atom. The Hall–Kier alpha value is -3.31. The van der Waals surface area contributed by atoms with Gasteiger partial charge in [-0.2, -0.15) is 0 Å². The van der Waals surface area contributed by atoms with Gasteiger partial charge in [0.15, 0.2) is 0 Å². The number of piperazine rings is 1. The van der Waals surface area contributed by atoms with E-state index in [4.69, 9.17) is 0 Å². The van der Waals surface area contributed by atoms with Gasteiger partial charge in [-0.05, 0) is 43.0 Å². The average Bonchev–Trinajstić information content (AvgIpc) is 2.95. The van der Waals surface area contributed by atoms with Crippen LogP contribution in [-0.2, 0) is 14.8 Å². The van der Waals surface area contributed by atoms with Crippen LogP contribution in [0.1, 0.15) is 29.3 Å². The molecule has 3 aromatic carbocycles. The maximum Gasteiger partial charge on any atom is 0.255 e. The lowest BCUT2D eigenvalue weighted by Gasteiger charge is -2.38. The van der Waals surface area contributed by atoms with Crippen molar-refractivity contribution in [2.45, 2.75) is 31.2 Å². The summed E-state index contributed by atoms with van der Waals surface area (Å²) in [5, 5.41) is 7.43. The van der Waals surface area contributed by atoms with Crippen molar-refractivity contribution >= 4 is 38.3 Å². The molecule has 0 bridgehead atoms. The van der Waals surface area contributed by atoms with E-state index in [1.807, 2.05) is 49.1 Å². The molecule has 212 valence electrons. The van der Waals surface area contributed by atoms with Gasteiger partial charge in [-0.3, -0.25) is 14.5 Å². The van der Waals surface area contributed by atoms with Crippen LogP contribution in [0.15, 0.2) is 65.6 Å². The van der Waals surface area contributed by atoms with Crippen LogP contribution in [0.4, 0.5) is 5.69 Å². The van der Waals surface area contributed by atoms with Gasteiger partial charge in [0.2, 0.25) is 15.9 Å². The number of carbonyl (C=O) groups is 2. The first-order chi connectivity index (χ1) is 19.2. The number of hydrogen-bond donors (Lipinski definition) is 3. The Balaban J connectivity index is 1.29. The van der Waals surface area contributed by atoms with Crippen LogP contribution in [0.25, 0.3) is 10.8 Å². The fraction of sp³-hybridized carbons (Fsp3) is 0.400. The first kappa shape index (κ1) is 28.2. The topological polar surface area (TPSA) is 111 Å². The largest absolute Gasteiger partial charge is 0.341 e. The minimum Gasteiger partial charge on any atom is -0.341 e. The molecule has 40 heavy (non-hydrogen) atoms. The summed E-state index contributed by atoms with van der Waals surface area (Å²) in [6, 6.07) is 17.4. The Bertz CT molecular complexity index is 1500. The molecule has 0 spiro atoms. The lowest BCUT2D eigenvalue weighted by Crippen LogP contribution is -2.54. The standard InChI is InChI=1S/C30H37N5O4S/c1-21-7-3-4-8-23(21)30(37)32-27-11-12-28(25-10-6-5-9-24(25)27)40(38,39)33-26-13-16-35(19-22(26)2)29(36)20-34-17-14-31-15-18-34/h3-12,22,26,31,33H,13-20H2,1-2H3,(H,32,37)/t22?,26-/m0/s1. The molecular weight excluding hydrogens is 526 g/mol. The van der Waals surface area contributed by atoms with E-state index in [1.165, 1.54) is 0 Å². The molecule has 2 heterocycles. The predicted molar refractivity (Wildman–Crippen MR) is 157 cm³/mol. The molecule has 5 rings (SSSR count).